The number of nitrogens with zero attached hydrogens (tertiary/aromatic N) is 3. The minimum atomic E-state index is 0.699. The fourth-order valence-electron chi connectivity index (χ4n) is 9.32. The molecule has 3 nitrogen and oxygen atoms in total. The van der Waals surface area contributed by atoms with Crippen LogP contribution in [0, 0.1) is 0 Å². The van der Waals surface area contributed by atoms with Gasteiger partial charge in [0.1, 0.15) is 0 Å². The summed E-state index contributed by atoms with van der Waals surface area (Å²) in [6.45, 7) is 0. The van der Waals surface area contributed by atoms with Crippen molar-refractivity contribution in [1.82, 2.24) is 14.5 Å². The van der Waals surface area contributed by atoms with Gasteiger partial charge in [0.25, 0.3) is 0 Å². The van der Waals surface area contributed by atoms with Crippen LogP contribution < -0.4 is 0 Å². The molecule has 0 bridgehead atoms. The van der Waals surface area contributed by atoms with Crippen molar-refractivity contribution in [3.05, 3.63) is 224 Å². The van der Waals surface area contributed by atoms with Crippen molar-refractivity contribution in [2.75, 3.05) is 0 Å². The molecule has 10 aromatic carbocycles. The molecule has 2 heterocycles. The van der Waals surface area contributed by atoms with Gasteiger partial charge in [0.2, 0.25) is 0 Å². The molecule has 0 N–H and O–H groups in total. The van der Waals surface area contributed by atoms with Crippen LogP contribution in [0.25, 0.3) is 116 Å². The van der Waals surface area contributed by atoms with Crippen molar-refractivity contribution in [3.63, 3.8) is 0 Å². The molecular formula is C58H37N3. The van der Waals surface area contributed by atoms with E-state index in [1.54, 1.807) is 0 Å². The highest BCUT2D eigenvalue weighted by atomic mass is 15.0. The molecule has 2 aromatic heterocycles. The normalized spacial score (nSPS) is 11.6. The van der Waals surface area contributed by atoms with Gasteiger partial charge in [-0.05, 0) is 79.3 Å². The van der Waals surface area contributed by atoms with Crippen LogP contribution in [0.2, 0.25) is 0 Å². The van der Waals surface area contributed by atoms with Crippen molar-refractivity contribution in [1.29, 1.82) is 0 Å². The van der Waals surface area contributed by atoms with E-state index in [4.69, 9.17) is 9.97 Å². The molecule has 0 saturated heterocycles. The first kappa shape index (κ1) is 34.9. The summed E-state index contributed by atoms with van der Waals surface area (Å²) in [6, 6.07) is 80.4. The summed E-state index contributed by atoms with van der Waals surface area (Å²) in [5.74, 6) is 0.699. The average Bonchev–Trinajstić information content (AvgIpc) is 3.68. The highest BCUT2D eigenvalue weighted by molar-refractivity contribution is 6.20. The summed E-state index contributed by atoms with van der Waals surface area (Å²) in [5, 5.41) is 10.0. The van der Waals surface area contributed by atoms with E-state index in [9.17, 15) is 0 Å². The van der Waals surface area contributed by atoms with Gasteiger partial charge < -0.3 is 4.57 Å². The maximum atomic E-state index is 5.18. The van der Waals surface area contributed by atoms with Gasteiger partial charge in [0, 0.05) is 38.7 Å². The Kier molecular flexibility index (Phi) is 8.17. The van der Waals surface area contributed by atoms with Crippen molar-refractivity contribution < 1.29 is 0 Å². The maximum absolute atomic E-state index is 5.18. The van der Waals surface area contributed by atoms with Crippen LogP contribution in [0.3, 0.4) is 0 Å². The second-order valence-electron chi connectivity index (χ2n) is 15.7. The van der Waals surface area contributed by atoms with E-state index in [1.807, 2.05) is 18.2 Å². The molecule has 0 fully saturated rings. The molecule has 61 heavy (non-hydrogen) atoms. The van der Waals surface area contributed by atoms with Gasteiger partial charge >= 0.3 is 0 Å². The lowest BCUT2D eigenvalue weighted by molar-refractivity contribution is 1.18. The highest BCUT2D eigenvalue weighted by Crippen LogP contribution is 2.41. The average molecular weight is 776 g/mol. The smallest absolute Gasteiger partial charge is 0.160 e. The van der Waals surface area contributed by atoms with Gasteiger partial charge in [-0.2, -0.15) is 0 Å². The van der Waals surface area contributed by atoms with Crippen LogP contribution in [0.15, 0.2) is 224 Å². The monoisotopic (exact) mass is 775 g/mol. The molecule has 3 heteroatoms. The Labute approximate surface area is 353 Å². The third kappa shape index (κ3) is 5.90. The Morgan fingerprint density at radius 1 is 0.311 bits per heavy atom. The predicted molar refractivity (Wildman–Crippen MR) is 256 cm³/mol. The Bertz CT molecular complexity index is 3610. The minimum absolute atomic E-state index is 0.699. The zero-order valence-corrected chi connectivity index (χ0v) is 33.2. The standard InChI is InChI=1S/C58H37N3/c1-3-15-43(16-4-1)58-59-53(40-28-26-39(27-29-40)48-23-13-24-51-49-22-11-12-25-55(49)61(57(48)51)45-18-5-2-6-19-45)37-54(60-58)41-30-32-42(33-31-41)56-47-21-10-8-17-44(47)36-52-46-20-9-7-14-38(46)34-35-50(52)56/h1-37H. The van der Waals surface area contributed by atoms with Gasteiger partial charge in [0.15, 0.2) is 5.82 Å². The zero-order valence-electron chi connectivity index (χ0n) is 33.2. The molecule has 0 amide bonds. The third-order valence-electron chi connectivity index (χ3n) is 12.2. The second kappa shape index (κ2) is 14.3. The molecule has 0 atom stereocenters. The number of para-hydroxylation sites is 3. The number of rotatable bonds is 6. The van der Waals surface area contributed by atoms with Crippen LogP contribution >= 0.6 is 0 Å². The molecule has 12 aromatic rings. The van der Waals surface area contributed by atoms with E-state index in [0.717, 1.165) is 39.3 Å². The van der Waals surface area contributed by atoms with Gasteiger partial charge in [0.05, 0.1) is 22.4 Å². The van der Waals surface area contributed by atoms with E-state index in [-0.39, 0.29) is 0 Å². The first-order valence-corrected chi connectivity index (χ1v) is 20.8. The van der Waals surface area contributed by atoms with Crippen LogP contribution in [-0.4, -0.2) is 14.5 Å². The van der Waals surface area contributed by atoms with Gasteiger partial charge in [-0.3, -0.25) is 0 Å². The lowest BCUT2D eigenvalue weighted by Gasteiger charge is -2.15. The lowest BCUT2D eigenvalue weighted by atomic mass is 9.89. The summed E-state index contributed by atoms with van der Waals surface area (Å²) in [5.41, 5.74) is 13.1. The van der Waals surface area contributed by atoms with E-state index < -0.39 is 0 Å². The van der Waals surface area contributed by atoms with Crippen LogP contribution in [-0.2, 0) is 0 Å². The van der Waals surface area contributed by atoms with Crippen molar-refractivity contribution in [2.45, 2.75) is 0 Å². The quantitative estimate of drug-likeness (QED) is 0.124. The van der Waals surface area contributed by atoms with Crippen LogP contribution in [0.1, 0.15) is 0 Å². The molecular weight excluding hydrogens is 739 g/mol. The Morgan fingerprint density at radius 3 is 1.62 bits per heavy atom. The molecule has 0 aliphatic rings. The first-order valence-electron chi connectivity index (χ1n) is 20.8. The topological polar surface area (TPSA) is 30.7 Å². The summed E-state index contributed by atoms with van der Waals surface area (Å²) in [6.07, 6.45) is 0. The maximum Gasteiger partial charge on any atom is 0.160 e. The molecule has 0 aliphatic heterocycles. The molecule has 0 spiro atoms. The number of fused-ring (bicyclic) bond motifs is 7. The number of hydrogen-bond donors (Lipinski definition) is 0. The largest absolute Gasteiger partial charge is 0.309 e. The van der Waals surface area contributed by atoms with Crippen molar-refractivity contribution in [2.24, 2.45) is 0 Å². The second-order valence-corrected chi connectivity index (χ2v) is 15.7. The number of benzene rings is 10. The molecule has 0 aliphatic carbocycles. The van der Waals surface area contributed by atoms with Crippen molar-refractivity contribution in [3.8, 4) is 61.8 Å². The number of aromatic nitrogens is 3. The summed E-state index contributed by atoms with van der Waals surface area (Å²) >= 11 is 0. The minimum Gasteiger partial charge on any atom is -0.309 e. The Balaban J connectivity index is 0.967. The fourth-order valence-corrected chi connectivity index (χ4v) is 9.32. The summed E-state index contributed by atoms with van der Waals surface area (Å²) in [4.78, 5) is 10.4. The van der Waals surface area contributed by atoms with Gasteiger partial charge in [-0.15, -0.1) is 0 Å². The molecule has 0 saturated carbocycles. The molecule has 284 valence electrons. The SMILES string of the molecule is c1ccc(-c2nc(-c3ccc(-c4c5ccccc5cc5c4ccc4ccccc45)cc3)cc(-c3ccc(-c4cccc5c6ccccc6n(-c6ccccc6)c45)cc3)n2)cc1. The van der Waals surface area contributed by atoms with Gasteiger partial charge in [-0.1, -0.05) is 194 Å². The number of hydrogen-bond acceptors (Lipinski definition) is 2. The van der Waals surface area contributed by atoms with E-state index in [2.05, 4.69) is 211 Å². The van der Waals surface area contributed by atoms with Crippen LogP contribution in [0.4, 0.5) is 0 Å². The zero-order chi connectivity index (χ0) is 40.3. The third-order valence-corrected chi connectivity index (χ3v) is 12.2. The van der Waals surface area contributed by atoms with E-state index in [0.29, 0.717) is 5.82 Å². The van der Waals surface area contributed by atoms with Crippen LogP contribution in [0.5, 0.6) is 0 Å². The van der Waals surface area contributed by atoms with E-state index >= 15 is 0 Å². The predicted octanol–water partition coefficient (Wildman–Crippen LogP) is 15.4. The Hall–Kier alpha value is -8.14. The van der Waals surface area contributed by atoms with E-state index in [1.165, 1.54) is 70.8 Å². The summed E-state index contributed by atoms with van der Waals surface area (Å²) < 4.78 is 2.40. The molecule has 0 radical (unpaired) electrons. The molecule has 12 rings (SSSR count). The van der Waals surface area contributed by atoms with Crippen molar-refractivity contribution >= 4 is 54.1 Å². The lowest BCUT2D eigenvalue weighted by Crippen LogP contribution is -1.96. The Morgan fingerprint density at radius 2 is 0.885 bits per heavy atom. The molecule has 0 unspecified atom stereocenters. The highest BCUT2D eigenvalue weighted by Gasteiger charge is 2.18. The summed E-state index contributed by atoms with van der Waals surface area (Å²) in [7, 11) is 0. The first-order chi connectivity index (χ1) is 30.2. The fraction of sp³-hybridized carbons (Fsp3) is 0. The van der Waals surface area contributed by atoms with Gasteiger partial charge in [-0.25, -0.2) is 9.97 Å².